The lowest BCUT2D eigenvalue weighted by molar-refractivity contribution is -0.0866. The molecule has 8 heteroatoms. The van der Waals surface area contributed by atoms with E-state index in [0.29, 0.717) is 32.1 Å². The maximum Gasteiger partial charge on any atom is 0.281 e. The second-order valence-electron chi connectivity index (χ2n) is 7.57. The van der Waals surface area contributed by atoms with Gasteiger partial charge in [-0.15, -0.1) is 11.3 Å². The van der Waals surface area contributed by atoms with Crippen molar-refractivity contribution in [1.82, 2.24) is 8.61 Å². The third-order valence-electron chi connectivity index (χ3n) is 6.07. The van der Waals surface area contributed by atoms with Gasteiger partial charge in [0.15, 0.2) is 0 Å². The van der Waals surface area contributed by atoms with E-state index >= 15 is 0 Å². The largest absolute Gasteiger partial charge is 0.384 e. The standard InChI is InChI=1S/C18H28N2O4S2/c1-23-14-15-2-8-19(9-3-15)26(21,22)20-10-6-18(7-11-20)17-16(4-12-24-18)5-13-25-17/h5,13,15H,2-4,6-12,14H2,1H3. The molecule has 0 atom stereocenters. The van der Waals surface area contributed by atoms with E-state index < -0.39 is 10.2 Å². The van der Waals surface area contributed by atoms with Crippen molar-refractivity contribution < 1.29 is 17.9 Å². The number of thiophene rings is 1. The number of rotatable bonds is 4. The van der Waals surface area contributed by atoms with Crippen LogP contribution in [0.25, 0.3) is 0 Å². The van der Waals surface area contributed by atoms with Gasteiger partial charge in [0.25, 0.3) is 10.2 Å². The molecule has 3 aliphatic heterocycles. The van der Waals surface area contributed by atoms with E-state index in [1.807, 2.05) is 0 Å². The monoisotopic (exact) mass is 400 g/mol. The molecular weight excluding hydrogens is 372 g/mol. The van der Waals surface area contributed by atoms with Crippen LogP contribution in [0.5, 0.6) is 0 Å². The van der Waals surface area contributed by atoms with Crippen LogP contribution in [-0.4, -0.2) is 63.5 Å². The zero-order chi connectivity index (χ0) is 18.2. The van der Waals surface area contributed by atoms with Crippen molar-refractivity contribution >= 4 is 21.5 Å². The minimum Gasteiger partial charge on any atom is -0.384 e. The molecule has 6 nitrogen and oxygen atoms in total. The van der Waals surface area contributed by atoms with E-state index in [-0.39, 0.29) is 5.60 Å². The summed E-state index contributed by atoms with van der Waals surface area (Å²) in [4.78, 5) is 1.32. The average Bonchev–Trinajstić information content (AvgIpc) is 3.14. The first-order valence-electron chi connectivity index (χ1n) is 9.50. The third kappa shape index (κ3) is 3.36. The lowest BCUT2D eigenvalue weighted by Gasteiger charge is -2.44. The second-order valence-corrected chi connectivity index (χ2v) is 10.4. The maximum absolute atomic E-state index is 13.1. The van der Waals surface area contributed by atoms with E-state index in [1.54, 1.807) is 27.1 Å². The van der Waals surface area contributed by atoms with Crippen LogP contribution in [0.3, 0.4) is 0 Å². The van der Waals surface area contributed by atoms with Crippen LogP contribution in [0.4, 0.5) is 0 Å². The highest BCUT2D eigenvalue weighted by molar-refractivity contribution is 7.86. The lowest BCUT2D eigenvalue weighted by Crippen LogP contribution is -2.53. The van der Waals surface area contributed by atoms with E-state index in [1.165, 1.54) is 10.4 Å². The van der Waals surface area contributed by atoms with Gasteiger partial charge in [-0.1, -0.05) is 0 Å². The molecule has 26 heavy (non-hydrogen) atoms. The van der Waals surface area contributed by atoms with Gasteiger partial charge in [0.2, 0.25) is 0 Å². The Balaban J connectivity index is 1.41. The third-order valence-corrected chi connectivity index (χ3v) is 9.25. The number of methoxy groups -OCH3 is 1. The molecule has 0 N–H and O–H groups in total. The fraction of sp³-hybridized carbons (Fsp3) is 0.778. The summed E-state index contributed by atoms with van der Waals surface area (Å²) in [6, 6.07) is 2.19. The summed E-state index contributed by atoms with van der Waals surface area (Å²) in [5.41, 5.74) is 1.12. The van der Waals surface area contributed by atoms with Gasteiger partial charge in [-0.2, -0.15) is 17.0 Å². The summed E-state index contributed by atoms with van der Waals surface area (Å²) in [5, 5.41) is 2.13. The highest BCUT2D eigenvalue weighted by Gasteiger charge is 2.45. The normalized spacial score (nSPS) is 25.4. The summed E-state index contributed by atoms with van der Waals surface area (Å²) < 4.78 is 40.9. The molecule has 2 saturated heterocycles. The fourth-order valence-corrected chi connectivity index (χ4v) is 7.32. The Morgan fingerprint density at radius 1 is 1.23 bits per heavy atom. The van der Waals surface area contributed by atoms with Crippen molar-refractivity contribution in [2.24, 2.45) is 5.92 Å². The molecule has 4 rings (SSSR count). The molecule has 0 bridgehead atoms. The summed E-state index contributed by atoms with van der Waals surface area (Å²) in [6.07, 6.45) is 4.23. The molecule has 0 unspecified atom stereocenters. The van der Waals surface area contributed by atoms with Crippen molar-refractivity contribution in [3.05, 3.63) is 21.9 Å². The molecule has 1 aromatic rings. The number of ether oxygens (including phenoxy) is 2. The Morgan fingerprint density at radius 2 is 1.92 bits per heavy atom. The van der Waals surface area contributed by atoms with E-state index in [4.69, 9.17) is 9.47 Å². The first kappa shape index (κ1) is 18.8. The van der Waals surface area contributed by atoms with E-state index in [2.05, 4.69) is 11.4 Å². The number of nitrogens with zero attached hydrogens (tertiary/aromatic N) is 2. The molecule has 1 spiro atoms. The first-order chi connectivity index (χ1) is 12.5. The van der Waals surface area contributed by atoms with Crippen LogP contribution < -0.4 is 0 Å². The Bertz CT molecular complexity index is 717. The Morgan fingerprint density at radius 3 is 2.62 bits per heavy atom. The van der Waals surface area contributed by atoms with Crippen LogP contribution >= 0.6 is 11.3 Å². The number of hydrogen-bond acceptors (Lipinski definition) is 5. The molecule has 3 aliphatic rings. The molecule has 146 valence electrons. The van der Waals surface area contributed by atoms with E-state index in [9.17, 15) is 8.42 Å². The van der Waals surface area contributed by atoms with Crippen LogP contribution in [0.15, 0.2) is 11.4 Å². The Kier molecular flexibility index (Phi) is 5.42. The highest BCUT2D eigenvalue weighted by Crippen LogP contribution is 2.44. The van der Waals surface area contributed by atoms with Gasteiger partial charge in [0.1, 0.15) is 5.60 Å². The summed E-state index contributed by atoms with van der Waals surface area (Å²) in [5.74, 6) is 0.476. The first-order valence-corrected chi connectivity index (χ1v) is 11.8. The van der Waals surface area contributed by atoms with Gasteiger partial charge in [-0.05, 0) is 55.0 Å². The highest BCUT2D eigenvalue weighted by atomic mass is 32.2. The molecule has 2 fully saturated rings. The SMILES string of the molecule is COCC1CCN(S(=O)(=O)N2CCC3(CC2)OCCc2ccsc23)CC1. The van der Waals surface area contributed by atoms with Crippen LogP contribution in [0.2, 0.25) is 0 Å². The summed E-state index contributed by atoms with van der Waals surface area (Å²) in [7, 11) is -1.66. The van der Waals surface area contributed by atoms with Crippen molar-refractivity contribution in [3.63, 3.8) is 0 Å². The molecule has 0 radical (unpaired) electrons. The number of piperidine rings is 2. The minimum atomic E-state index is -3.37. The summed E-state index contributed by atoms with van der Waals surface area (Å²) in [6.45, 7) is 3.74. The molecule has 0 amide bonds. The van der Waals surface area contributed by atoms with Crippen LogP contribution in [0.1, 0.15) is 36.1 Å². The van der Waals surface area contributed by atoms with Gasteiger partial charge < -0.3 is 9.47 Å². The van der Waals surface area contributed by atoms with Crippen LogP contribution in [-0.2, 0) is 31.7 Å². The Hall–Kier alpha value is -0.510. The minimum absolute atomic E-state index is 0.265. The number of fused-ring (bicyclic) bond motifs is 2. The van der Waals surface area contributed by atoms with Gasteiger partial charge in [0.05, 0.1) is 6.61 Å². The second kappa shape index (κ2) is 7.48. The van der Waals surface area contributed by atoms with Crippen molar-refractivity contribution in [3.8, 4) is 0 Å². The van der Waals surface area contributed by atoms with Crippen molar-refractivity contribution in [2.75, 3.05) is 46.5 Å². The van der Waals surface area contributed by atoms with Gasteiger partial charge >= 0.3 is 0 Å². The Labute approximate surface area is 160 Å². The predicted octanol–water partition coefficient (Wildman–Crippen LogP) is 2.22. The van der Waals surface area contributed by atoms with Gasteiger partial charge in [0, 0.05) is 44.8 Å². The molecule has 4 heterocycles. The van der Waals surface area contributed by atoms with Crippen molar-refractivity contribution in [2.45, 2.75) is 37.7 Å². The molecule has 0 saturated carbocycles. The summed E-state index contributed by atoms with van der Waals surface area (Å²) >= 11 is 1.76. The quantitative estimate of drug-likeness (QED) is 0.778. The zero-order valence-electron chi connectivity index (χ0n) is 15.4. The smallest absolute Gasteiger partial charge is 0.281 e. The average molecular weight is 401 g/mol. The molecule has 0 aliphatic carbocycles. The topological polar surface area (TPSA) is 59.1 Å². The lowest BCUT2D eigenvalue weighted by atomic mass is 9.86. The molecular formula is C18H28N2O4S2. The molecule has 1 aromatic heterocycles. The maximum atomic E-state index is 13.1. The zero-order valence-corrected chi connectivity index (χ0v) is 17.0. The molecule has 0 aromatic carbocycles. The van der Waals surface area contributed by atoms with Crippen molar-refractivity contribution in [1.29, 1.82) is 0 Å². The number of hydrogen-bond donors (Lipinski definition) is 0. The van der Waals surface area contributed by atoms with Gasteiger partial charge in [-0.25, -0.2) is 0 Å². The van der Waals surface area contributed by atoms with E-state index in [0.717, 1.165) is 45.3 Å². The fourth-order valence-electron chi connectivity index (χ4n) is 4.51. The predicted molar refractivity (Wildman–Crippen MR) is 102 cm³/mol. The van der Waals surface area contributed by atoms with Crippen LogP contribution in [0, 0.1) is 5.92 Å². The van der Waals surface area contributed by atoms with Gasteiger partial charge in [-0.3, -0.25) is 0 Å².